The molecule has 0 radical (unpaired) electrons. The van der Waals surface area contributed by atoms with Crippen molar-refractivity contribution >= 4 is 23.5 Å². The van der Waals surface area contributed by atoms with Crippen molar-refractivity contribution in [3.05, 3.63) is 30.3 Å². The van der Waals surface area contributed by atoms with Crippen molar-refractivity contribution in [3.63, 3.8) is 0 Å². The van der Waals surface area contributed by atoms with Crippen LogP contribution in [0.4, 0.5) is 0 Å². The Morgan fingerprint density at radius 1 is 0.615 bits per heavy atom. The summed E-state index contributed by atoms with van der Waals surface area (Å²) >= 11 is 0. The summed E-state index contributed by atoms with van der Waals surface area (Å²) in [5.41, 5.74) is 0. The lowest BCUT2D eigenvalue weighted by atomic mass is 10.4. The van der Waals surface area contributed by atoms with E-state index in [1.54, 1.807) is 0 Å². The van der Waals surface area contributed by atoms with Gasteiger partial charge in [0, 0.05) is 44.8 Å². The topological polar surface area (TPSA) is 55.4 Å². The van der Waals surface area contributed by atoms with Crippen LogP contribution in [0, 0.1) is 0 Å². The van der Waals surface area contributed by atoms with Gasteiger partial charge in [-0.15, -0.1) is 0 Å². The first-order chi connectivity index (χ1) is 12.6. The molecule has 0 N–H and O–H groups in total. The largest absolute Gasteiger partial charge is 0.537 e. The smallest absolute Gasteiger partial charge is 0.376 e. The van der Waals surface area contributed by atoms with Crippen molar-refractivity contribution in [3.8, 4) is 0 Å². The average molecular weight is 405 g/mol. The summed E-state index contributed by atoms with van der Waals surface area (Å²) in [7, 11) is -4.41. The minimum Gasteiger partial charge on any atom is -0.376 e. The molecule has 0 aliphatic rings. The Morgan fingerprint density at radius 3 is 1.31 bits per heavy atom. The van der Waals surface area contributed by atoms with E-state index in [4.69, 9.17) is 26.6 Å². The van der Waals surface area contributed by atoms with E-state index in [0.29, 0.717) is 39.6 Å². The van der Waals surface area contributed by atoms with Gasteiger partial charge in [0.1, 0.15) is 0 Å². The molecule has 0 spiro atoms. The normalized spacial score (nSPS) is 11.3. The van der Waals surface area contributed by atoms with Gasteiger partial charge >= 0.3 is 18.3 Å². The van der Waals surface area contributed by atoms with Gasteiger partial charge in [-0.2, -0.15) is 0 Å². The molecular weight excluding hydrogens is 368 g/mol. The Kier molecular flexibility index (Phi) is 16.2. The van der Waals surface area contributed by atoms with Crippen molar-refractivity contribution in [1.82, 2.24) is 0 Å². The Bertz CT molecular complexity index is 390. The Morgan fingerprint density at radius 2 is 1.00 bits per heavy atom. The molecule has 0 bridgehead atoms. The van der Waals surface area contributed by atoms with E-state index in [9.17, 15) is 0 Å². The number of rotatable bonds is 13. The molecule has 0 aromatic heterocycles. The average Bonchev–Trinajstić information content (AvgIpc) is 2.64. The zero-order valence-electron chi connectivity index (χ0n) is 17.2. The summed E-state index contributed by atoms with van der Waals surface area (Å²) in [5, 5.41) is 1.03. The molecule has 0 saturated heterocycles. The molecular formula is C18H36O6Si2. The summed E-state index contributed by atoms with van der Waals surface area (Å²) in [5.74, 6) is 0. The van der Waals surface area contributed by atoms with E-state index in [0.717, 1.165) is 5.19 Å². The van der Waals surface area contributed by atoms with Gasteiger partial charge in [0.05, 0.1) is 0 Å². The van der Waals surface area contributed by atoms with Gasteiger partial charge in [0.15, 0.2) is 0 Å². The maximum Gasteiger partial charge on any atom is 0.537 e. The predicted molar refractivity (Wildman–Crippen MR) is 109 cm³/mol. The van der Waals surface area contributed by atoms with Crippen LogP contribution in [0.15, 0.2) is 30.3 Å². The Labute approximate surface area is 162 Å². The van der Waals surface area contributed by atoms with Gasteiger partial charge in [0.2, 0.25) is 0 Å². The molecule has 1 aromatic carbocycles. The molecule has 0 saturated carbocycles. The molecule has 1 aromatic rings. The quantitative estimate of drug-likeness (QED) is 0.471. The zero-order valence-corrected chi connectivity index (χ0v) is 19.3. The van der Waals surface area contributed by atoms with Gasteiger partial charge in [-0.05, 0) is 41.5 Å². The summed E-state index contributed by atoms with van der Waals surface area (Å²) in [6.45, 7) is 15.5. The van der Waals surface area contributed by atoms with Gasteiger partial charge in [0.25, 0.3) is 0 Å². The predicted octanol–water partition coefficient (Wildman–Crippen LogP) is 2.76. The maximum absolute atomic E-state index is 5.79. The lowest BCUT2D eigenvalue weighted by molar-refractivity contribution is 0.0859. The molecule has 0 heterocycles. The molecule has 0 atom stereocenters. The standard InChI is InChI=1S/C12H20O3Si.C6H16O3Si/c1-4-13-16(14-5-2,15-6-3)12-10-8-7-9-11-12;1-4-7-10(8-5-2)9-6-3/h7-11H,4-6H2,1-3H3;10H,4-6H2,1-3H3. The van der Waals surface area contributed by atoms with Gasteiger partial charge < -0.3 is 26.6 Å². The number of hydrogen-bond donors (Lipinski definition) is 0. The maximum atomic E-state index is 5.79. The van der Waals surface area contributed by atoms with Crippen LogP contribution >= 0.6 is 0 Å². The highest BCUT2D eigenvalue weighted by Crippen LogP contribution is 2.10. The van der Waals surface area contributed by atoms with Crippen LogP contribution < -0.4 is 5.19 Å². The first kappa shape index (κ1) is 25.4. The van der Waals surface area contributed by atoms with Crippen molar-refractivity contribution in [1.29, 1.82) is 0 Å². The van der Waals surface area contributed by atoms with Crippen LogP contribution in [0.5, 0.6) is 0 Å². The first-order valence-electron chi connectivity index (χ1n) is 9.45. The summed E-state index contributed by atoms with van der Waals surface area (Å²) in [6, 6.07) is 9.95. The fourth-order valence-corrected chi connectivity index (χ4v) is 5.74. The van der Waals surface area contributed by atoms with Crippen LogP contribution in [0.3, 0.4) is 0 Å². The van der Waals surface area contributed by atoms with Crippen LogP contribution in [-0.4, -0.2) is 58.0 Å². The Balaban J connectivity index is 0.000000541. The lowest BCUT2D eigenvalue weighted by Crippen LogP contribution is -2.56. The van der Waals surface area contributed by atoms with E-state index in [1.807, 2.05) is 71.9 Å². The second-order valence-corrected chi connectivity index (χ2v) is 9.01. The van der Waals surface area contributed by atoms with Crippen molar-refractivity contribution in [2.75, 3.05) is 39.6 Å². The minimum absolute atomic E-state index is 0.598. The number of benzene rings is 1. The molecule has 0 fully saturated rings. The summed E-state index contributed by atoms with van der Waals surface area (Å²) < 4.78 is 33.0. The van der Waals surface area contributed by atoms with Crippen LogP contribution in [0.2, 0.25) is 0 Å². The highest BCUT2D eigenvalue weighted by atomic mass is 28.4. The molecule has 152 valence electrons. The molecule has 6 nitrogen and oxygen atoms in total. The monoisotopic (exact) mass is 404 g/mol. The lowest BCUT2D eigenvalue weighted by Gasteiger charge is -2.28. The molecule has 1 rings (SSSR count). The van der Waals surface area contributed by atoms with Gasteiger partial charge in [-0.1, -0.05) is 30.3 Å². The molecule has 0 aliphatic heterocycles. The second kappa shape index (κ2) is 16.6. The summed E-state index contributed by atoms with van der Waals surface area (Å²) in [6.07, 6.45) is 0. The second-order valence-electron chi connectivity index (χ2n) is 4.88. The SMILES string of the molecule is CCO[SiH](OCC)OCC.CCO[Si](OCC)(OCC)c1ccccc1. The van der Waals surface area contributed by atoms with Crippen molar-refractivity contribution in [2.45, 2.75) is 41.5 Å². The Hall–Kier alpha value is -0.586. The van der Waals surface area contributed by atoms with E-state index < -0.39 is 18.3 Å². The van der Waals surface area contributed by atoms with Crippen LogP contribution in [0.1, 0.15) is 41.5 Å². The van der Waals surface area contributed by atoms with Crippen molar-refractivity contribution < 1.29 is 26.6 Å². The van der Waals surface area contributed by atoms with E-state index in [2.05, 4.69) is 0 Å². The van der Waals surface area contributed by atoms with Gasteiger partial charge in [-0.3, -0.25) is 0 Å². The van der Waals surface area contributed by atoms with E-state index in [1.165, 1.54) is 0 Å². The fourth-order valence-electron chi connectivity index (χ4n) is 2.14. The molecule has 0 aliphatic carbocycles. The zero-order chi connectivity index (χ0) is 19.7. The highest BCUT2D eigenvalue weighted by molar-refractivity contribution is 6.75. The molecule has 0 amide bonds. The first-order valence-corrected chi connectivity index (χ1v) is 12.6. The molecule has 8 heteroatoms. The highest BCUT2D eigenvalue weighted by Gasteiger charge is 2.42. The fraction of sp³-hybridized carbons (Fsp3) is 0.667. The van der Waals surface area contributed by atoms with Crippen LogP contribution in [-0.2, 0) is 26.6 Å². The van der Waals surface area contributed by atoms with Crippen molar-refractivity contribution in [2.24, 2.45) is 0 Å². The molecule has 0 unspecified atom stereocenters. The van der Waals surface area contributed by atoms with Gasteiger partial charge in [-0.25, -0.2) is 0 Å². The third-order valence-corrected chi connectivity index (χ3v) is 7.90. The van der Waals surface area contributed by atoms with E-state index >= 15 is 0 Å². The minimum atomic E-state index is -2.67. The van der Waals surface area contributed by atoms with Crippen LogP contribution in [0.25, 0.3) is 0 Å². The molecule has 26 heavy (non-hydrogen) atoms. The number of hydrogen-bond acceptors (Lipinski definition) is 6. The third kappa shape index (κ3) is 9.93. The third-order valence-electron chi connectivity index (χ3n) is 3.04. The van der Waals surface area contributed by atoms with E-state index in [-0.39, 0.29) is 0 Å². The summed E-state index contributed by atoms with van der Waals surface area (Å²) in [4.78, 5) is 0.